The summed E-state index contributed by atoms with van der Waals surface area (Å²) in [5, 5.41) is 9.92. The first-order valence-corrected chi connectivity index (χ1v) is 9.65. The smallest absolute Gasteiger partial charge is 0.276 e. The summed E-state index contributed by atoms with van der Waals surface area (Å²) in [4.78, 5) is 22.9. The van der Waals surface area contributed by atoms with Crippen molar-refractivity contribution in [2.45, 2.75) is 25.2 Å². The van der Waals surface area contributed by atoms with Gasteiger partial charge in [0, 0.05) is 25.7 Å². The van der Waals surface area contributed by atoms with Crippen LogP contribution in [0.3, 0.4) is 0 Å². The van der Waals surface area contributed by atoms with Crippen LogP contribution in [0.5, 0.6) is 11.5 Å². The van der Waals surface area contributed by atoms with Crippen molar-refractivity contribution in [1.82, 2.24) is 14.9 Å². The van der Waals surface area contributed by atoms with Gasteiger partial charge in [0.05, 0.1) is 19.2 Å². The van der Waals surface area contributed by atoms with Crippen molar-refractivity contribution in [1.29, 1.82) is 0 Å². The molecule has 2 aromatic heterocycles. The van der Waals surface area contributed by atoms with E-state index in [1.54, 1.807) is 24.3 Å². The number of hydrogen-bond acceptors (Lipinski definition) is 6. The molecule has 3 aromatic rings. The van der Waals surface area contributed by atoms with Gasteiger partial charge in [-0.05, 0) is 42.7 Å². The number of aromatic nitrogens is 2. The monoisotopic (exact) mass is 393 g/mol. The third kappa shape index (κ3) is 4.23. The van der Waals surface area contributed by atoms with Gasteiger partial charge in [-0.15, -0.1) is 0 Å². The molecule has 1 amide bonds. The van der Waals surface area contributed by atoms with Crippen molar-refractivity contribution in [3.05, 3.63) is 71.7 Å². The number of hydrogen-bond donors (Lipinski definition) is 1. The number of carbonyl (C=O) groups excluding carboxylic acids is 1. The van der Waals surface area contributed by atoms with Crippen LogP contribution in [-0.2, 0) is 6.42 Å². The van der Waals surface area contributed by atoms with Crippen LogP contribution in [0.1, 0.15) is 46.5 Å². The molecule has 0 unspecified atom stereocenters. The molecular formula is C22H23N3O4. The molecule has 0 spiro atoms. The number of pyridine rings is 1. The Hall–Kier alpha value is -3.35. The highest BCUT2D eigenvalue weighted by Gasteiger charge is 2.30. The molecule has 1 aliphatic rings. The van der Waals surface area contributed by atoms with E-state index in [9.17, 15) is 9.90 Å². The Labute approximate surface area is 169 Å². The van der Waals surface area contributed by atoms with Crippen LogP contribution >= 0.6 is 0 Å². The van der Waals surface area contributed by atoms with E-state index in [4.69, 9.17) is 9.15 Å². The lowest BCUT2D eigenvalue weighted by atomic mass is 9.97. The average Bonchev–Trinajstić information content (AvgIpc) is 3.23. The summed E-state index contributed by atoms with van der Waals surface area (Å²) in [6.07, 6.45) is 5.66. The van der Waals surface area contributed by atoms with E-state index in [0.717, 1.165) is 29.9 Å². The van der Waals surface area contributed by atoms with Gasteiger partial charge in [0.15, 0.2) is 11.6 Å². The van der Waals surface area contributed by atoms with Crippen molar-refractivity contribution in [2.24, 2.45) is 0 Å². The van der Waals surface area contributed by atoms with Crippen LogP contribution < -0.4 is 4.74 Å². The molecule has 0 bridgehead atoms. The van der Waals surface area contributed by atoms with Crippen LogP contribution in [-0.4, -0.2) is 46.1 Å². The lowest BCUT2D eigenvalue weighted by molar-refractivity contribution is 0.0688. The number of amides is 1. The second-order valence-electron chi connectivity index (χ2n) is 7.15. The minimum absolute atomic E-state index is 0.0307. The van der Waals surface area contributed by atoms with E-state index >= 15 is 0 Å². The number of nitrogens with zero attached hydrogens (tertiary/aromatic N) is 3. The second kappa shape index (κ2) is 8.34. The topological polar surface area (TPSA) is 88.7 Å². The molecule has 1 saturated heterocycles. The molecule has 1 N–H and O–H groups in total. The van der Waals surface area contributed by atoms with E-state index in [1.807, 2.05) is 24.3 Å². The van der Waals surface area contributed by atoms with Crippen molar-refractivity contribution in [2.75, 3.05) is 20.2 Å². The van der Waals surface area contributed by atoms with Gasteiger partial charge >= 0.3 is 0 Å². The molecule has 3 heterocycles. The minimum Gasteiger partial charge on any atom is -0.505 e. The molecule has 7 nitrogen and oxygen atoms in total. The molecule has 7 heteroatoms. The third-order valence-corrected chi connectivity index (χ3v) is 5.16. The number of ether oxygens (including phenoxy) is 1. The molecule has 1 atom stereocenters. The minimum atomic E-state index is -0.266. The first kappa shape index (κ1) is 19.0. The predicted molar refractivity (Wildman–Crippen MR) is 106 cm³/mol. The quantitative estimate of drug-likeness (QED) is 0.715. The van der Waals surface area contributed by atoms with E-state index < -0.39 is 0 Å². The fraction of sp³-hybridized carbons (Fsp3) is 0.318. The number of benzene rings is 1. The van der Waals surface area contributed by atoms with Gasteiger partial charge in [0.2, 0.25) is 0 Å². The van der Waals surface area contributed by atoms with Crippen molar-refractivity contribution >= 4 is 5.91 Å². The predicted octanol–water partition coefficient (Wildman–Crippen LogP) is 3.39. The molecule has 4 rings (SSSR count). The zero-order chi connectivity index (χ0) is 20.2. The molecule has 29 heavy (non-hydrogen) atoms. The highest BCUT2D eigenvalue weighted by Crippen LogP contribution is 2.29. The third-order valence-electron chi connectivity index (χ3n) is 5.16. The molecule has 150 valence electrons. The van der Waals surface area contributed by atoms with Gasteiger partial charge in [0.25, 0.3) is 5.91 Å². The Morgan fingerprint density at radius 1 is 1.28 bits per heavy atom. The number of likely N-dealkylation sites (tertiary alicyclic amines) is 1. The van der Waals surface area contributed by atoms with Crippen molar-refractivity contribution in [3.63, 3.8) is 0 Å². The van der Waals surface area contributed by atoms with Gasteiger partial charge in [0.1, 0.15) is 17.3 Å². The van der Waals surface area contributed by atoms with Crippen LogP contribution in [0.2, 0.25) is 0 Å². The SMILES string of the molecule is COc1ccc(Cc2cnc([C@H]3CCCN(C(=O)c4ncccc4O)C3)o2)cc1. The van der Waals surface area contributed by atoms with Gasteiger partial charge in [-0.1, -0.05) is 12.1 Å². The summed E-state index contributed by atoms with van der Waals surface area (Å²) >= 11 is 0. The zero-order valence-electron chi connectivity index (χ0n) is 16.2. The normalized spacial score (nSPS) is 16.6. The van der Waals surface area contributed by atoms with E-state index in [1.165, 1.54) is 12.3 Å². The van der Waals surface area contributed by atoms with Crippen LogP contribution in [0.15, 0.2) is 53.2 Å². The number of rotatable bonds is 5. The van der Waals surface area contributed by atoms with E-state index in [0.29, 0.717) is 25.4 Å². The lowest BCUT2D eigenvalue weighted by Gasteiger charge is -2.31. The maximum atomic E-state index is 12.7. The molecule has 0 radical (unpaired) electrons. The Bertz CT molecular complexity index is 984. The van der Waals surface area contributed by atoms with Crippen LogP contribution in [0, 0.1) is 0 Å². The number of methoxy groups -OCH3 is 1. The molecule has 1 aliphatic heterocycles. The second-order valence-corrected chi connectivity index (χ2v) is 7.15. The molecule has 1 aromatic carbocycles. The highest BCUT2D eigenvalue weighted by molar-refractivity contribution is 5.94. The summed E-state index contributed by atoms with van der Waals surface area (Å²) in [7, 11) is 1.64. The number of carbonyl (C=O) groups is 1. The van der Waals surface area contributed by atoms with Crippen molar-refractivity contribution in [3.8, 4) is 11.5 Å². The van der Waals surface area contributed by atoms with Crippen LogP contribution in [0.4, 0.5) is 0 Å². The zero-order valence-corrected chi connectivity index (χ0v) is 16.2. The largest absolute Gasteiger partial charge is 0.505 e. The summed E-state index contributed by atoms with van der Waals surface area (Å²) in [6, 6.07) is 10.9. The fourth-order valence-electron chi connectivity index (χ4n) is 3.61. The Morgan fingerprint density at radius 3 is 2.86 bits per heavy atom. The molecule has 0 saturated carbocycles. The summed E-state index contributed by atoms with van der Waals surface area (Å²) in [5.74, 6) is 1.92. The Morgan fingerprint density at radius 2 is 2.10 bits per heavy atom. The van der Waals surface area contributed by atoms with Gasteiger partial charge in [-0.25, -0.2) is 9.97 Å². The van der Waals surface area contributed by atoms with Crippen molar-refractivity contribution < 1.29 is 19.1 Å². The van der Waals surface area contributed by atoms with Gasteiger partial charge in [-0.3, -0.25) is 4.79 Å². The van der Waals surface area contributed by atoms with Gasteiger partial charge in [-0.2, -0.15) is 0 Å². The van der Waals surface area contributed by atoms with E-state index in [2.05, 4.69) is 9.97 Å². The summed E-state index contributed by atoms with van der Waals surface area (Å²) < 4.78 is 11.2. The number of oxazole rings is 1. The lowest BCUT2D eigenvalue weighted by Crippen LogP contribution is -2.39. The highest BCUT2D eigenvalue weighted by atomic mass is 16.5. The standard InChI is InChI=1S/C22H23N3O4/c1-28-17-8-6-15(7-9-17)12-18-13-24-21(29-18)16-4-3-11-25(14-16)22(27)20-19(26)5-2-10-23-20/h2,5-10,13,16,26H,3-4,11-12,14H2,1H3/t16-/m0/s1. The summed E-state index contributed by atoms with van der Waals surface area (Å²) in [6.45, 7) is 1.13. The average molecular weight is 393 g/mol. The number of piperidine rings is 1. The Kier molecular flexibility index (Phi) is 5.46. The fourth-order valence-corrected chi connectivity index (χ4v) is 3.61. The van der Waals surface area contributed by atoms with E-state index in [-0.39, 0.29) is 23.3 Å². The molecular weight excluding hydrogens is 370 g/mol. The maximum Gasteiger partial charge on any atom is 0.276 e. The first-order chi connectivity index (χ1) is 14.1. The van der Waals surface area contributed by atoms with Crippen LogP contribution in [0.25, 0.3) is 0 Å². The Balaban J connectivity index is 1.43. The first-order valence-electron chi connectivity index (χ1n) is 9.65. The maximum absolute atomic E-state index is 12.7. The number of aromatic hydroxyl groups is 1. The summed E-state index contributed by atoms with van der Waals surface area (Å²) in [5.41, 5.74) is 1.19. The van der Waals surface area contributed by atoms with Gasteiger partial charge < -0.3 is 19.2 Å². The molecule has 1 fully saturated rings. The molecule has 0 aliphatic carbocycles.